The van der Waals surface area contributed by atoms with Crippen molar-refractivity contribution in [3.63, 3.8) is 0 Å². The second-order valence-corrected chi connectivity index (χ2v) is 6.74. The van der Waals surface area contributed by atoms with Gasteiger partial charge >= 0.3 is 0 Å². The Kier molecular flexibility index (Phi) is 5.16. The summed E-state index contributed by atoms with van der Waals surface area (Å²) in [6.45, 7) is 5.87. The number of fused-ring (bicyclic) bond motifs is 1. The lowest BCUT2D eigenvalue weighted by Gasteiger charge is -2.09. The van der Waals surface area contributed by atoms with Crippen molar-refractivity contribution in [3.05, 3.63) is 32.3 Å². The lowest BCUT2D eigenvalue weighted by Crippen LogP contribution is -2.06. The Balaban J connectivity index is 2.90. The topological polar surface area (TPSA) is 43.3 Å². The highest BCUT2D eigenvalue weighted by Crippen LogP contribution is 2.46. The van der Waals surface area contributed by atoms with Gasteiger partial charge in [0.15, 0.2) is 0 Å². The van der Waals surface area contributed by atoms with Gasteiger partial charge in [-0.1, -0.05) is 6.08 Å². The van der Waals surface area contributed by atoms with Crippen LogP contribution in [0.25, 0.3) is 10.9 Å². The number of ether oxygens (including phenoxy) is 1. The van der Waals surface area contributed by atoms with Crippen molar-refractivity contribution in [1.82, 2.24) is 4.57 Å². The molecule has 1 heterocycles. The van der Waals surface area contributed by atoms with Crippen LogP contribution in [0, 0.1) is 0 Å². The number of halogens is 3. The average Bonchev–Trinajstić information content (AvgIpc) is 2.65. The Morgan fingerprint density at radius 3 is 2.67 bits per heavy atom. The predicted octanol–water partition coefficient (Wildman–Crippen LogP) is 5.08. The Labute approximate surface area is 147 Å². The molecule has 0 bridgehead atoms. The van der Waals surface area contributed by atoms with Gasteiger partial charge in [0.2, 0.25) is 5.91 Å². The van der Waals surface area contributed by atoms with E-state index in [0.29, 0.717) is 18.0 Å². The lowest BCUT2D eigenvalue weighted by molar-refractivity contribution is -0.114. The van der Waals surface area contributed by atoms with Crippen LogP contribution in [0.15, 0.2) is 32.3 Å². The molecule has 2 rings (SSSR count). The van der Waals surface area contributed by atoms with Crippen LogP contribution in [0.4, 0.5) is 5.69 Å². The number of carbonyl (C=O) groups is 1. The van der Waals surface area contributed by atoms with Gasteiger partial charge in [0.25, 0.3) is 0 Å². The van der Waals surface area contributed by atoms with Gasteiger partial charge in [-0.3, -0.25) is 4.79 Å². The van der Waals surface area contributed by atoms with Crippen LogP contribution in [-0.4, -0.2) is 17.6 Å². The van der Waals surface area contributed by atoms with Gasteiger partial charge < -0.3 is 14.6 Å². The monoisotopic (exact) mass is 478 g/mol. The fourth-order valence-corrected chi connectivity index (χ4v) is 4.42. The zero-order valence-corrected chi connectivity index (χ0v) is 16.2. The van der Waals surface area contributed by atoms with Crippen LogP contribution in [-0.2, 0) is 11.3 Å². The number of nitrogens with zero attached hydrogens (tertiary/aromatic N) is 1. The van der Waals surface area contributed by atoms with E-state index in [1.54, 1.807) is 13.2 Å². The van der Waals surface area contributed by atoms with Crippen molar-refractivity contribution in [3.8, 4) is 5.75 Å². The van der Waals surface area contributed by atoms with Crippen molar-refractivity contribution in [1.29, 1.82) is 0 Å². The van der Waals surface area contributed by atoms with Crippen LogP contribution in [0.2, 0.25) is 0 Å². The molecule has 0 spiro atoms. The van der Waals surface area contributed by atoms with E-state index < -0.39 is 0 Å². The molecule has 0 aliphatic carbocycles. The molecule has 0 fully saturated rings. The summed E-state index contributed by atoms with van der Waals surface area (Å²) in [7, 11) is 1.60. The summed E-state index contributed by atoms with van der Waals surface area (Å²) >= 11 is 10.6. The fourth-order valence-electron chi connectivity index (χ4n) is 2.17. The quantitative estimate of drug-likeness (QED) is 0.620. The molecular weight excluding hydrogens is 468 g/mol. The highest BCUT2D eigenvalue weighted by atomic mass is 79.9. The summed E-state index contributed by atoms with van der Waals surface area (Å²) < 4.78 is 9.81. The van der Waals surface area contributed by atoms with E-state index in [2.05, 4.69) is 59.7 Å². The SMILES string of the molecule is C=CCn1c(Br)c(NC(C)=O)c2c(Br)c(OC)c(Br)cc21. The summed E-state index contributed by atoms with van der Waals surface area (Å²) in [5.41, 5.74) is 1.65. The molecule has 0 saturated carbocycles. The zero-order valence-electron chi connectivity index (χ0n) is 11.5. The van der Waals surface area contributed by atoms with Gasteiger partial charge in [-0.05, 0) is 53.9 Å². The molecule has 0 unspecified atom stereocenters. The molecule has 1 N–H and O–H groups in total. The number of carbonyl (C=O) groups excluding carboxylic acids is 1. The van der Waals surface area contributed by atoms with E-state index in [0.717, 1.165) is 24.5 Å². The summed E-state index contributed by atoms with van der Waals surface area (Å²) in [4.78, 5) is 11.5. The minimum Gasteiger partial charge on any atom is -0.494 e. The Hall–Kier alpha value is -0.790. The summed E-state index contributed by atoms with van der Waals surface area (Å²) in [6, 6.07) is 1.96. The second-order valence-electron chi connectivity index (χ2n) is 4.35. The maximum Gasteiger partial charge on any atom is 0.221 e. The van der Waals surface area contributed by atoms with Gasteiger partial charge in [-0.15, -0.1) is 6.58 Å². The van der Waals surface area contributed by atoms with Crippen LogP contribution >= 0.6 is 47.8 Å². The van der Waals surface area contributed by atoms with Crippen molar-refractivity contribution >= 4 is 70.3 Å². The van der Waals surface area contributed by atoms with Gasteiger partial charge in [0, 0.05) is 18.9 Å². The number of hydrogen-bond donors (Lipinski definition) is 1. The number of nitrogens with one attached hydrogen (secondary N) is 1. The third-order valence-electron chi connectivity index (χ3n) is 2.96. The van der Waals surface area contributed by atoms with Crippen molar-refractivity contribution < 1.29 is 9.53 Å². The third-order valence-corrected chi connectivity index (χ3v) is 5.13. The standard InChI is InChI=1S/C14H13Br3N2O2/c1-4-5-19-9-6-8(15)13(21-3)11(16)10(9)12(14(19)17)18-7(2)20/h4,6H,1,5H2,2-3H3,(H,18,20). The summed E-state index contributed by atoms with van der Waals surface area (Å²) in [5, 5.41) is 3.74. The molecule has 0 aliphatic heterocycles. The maximum absolute atomic E-state index is 11.5. The first-order valence-corrected chi connectivity index (χ1v) is 8.42. The molecule has 1 amide bonds. The molecule has 0 atom stereocenters. The molecule has 2 aromatic rings. The van der Waals surface area contributed by atoms with E-state index in [-0.39, 0.29) is 5.91 Å². The molecule has 21 heavy (non-hydrogen) atoms. The molecule has 0 radical (unpaired) electrons. The minimum absolute atomic E-state index is 0.137. The van der Waals surface area contributed by atoms with Crippen molar-refractivity contribution in [2.45, 2.75) is 13.5 Å². The molecule has 0 aliphatic rings. The number of anilines is 1. The van der Waals surface area contributed by atoms with Gasteiger partial charge in [-0.25, -0.2) is 0 Å². The molecule has 1 aromatic carbocycles. The highest BCUT2D eigenvalue weighted by molar-refractivity contribution is 9.11. The summed E-state index contributed by atoms with van der Waals surface area (Å²) in [5.74, 6) is 0.541. The largest absolute Gasteiger partial charge is 0.494 e. The summed E-state index contributed by atoms with van der Waals surface area (Å²) in [6.07, 6.45) is 1.80. The zero-order chi connectivity index (χ0) is 15.7. The first-order chi connectivity index (χ1) is 9.92. The molecule has 0 saturated heterocycles. The number of benzene rings is 1. The van der Waals surface area contributed by atoms with Gasteiger partial charge in [0.1, 0.15) is 10.4 Å². The van der Waals surface area contributed by atoms with E-state index >= 15 is 0 Å². The normalized spacial score (nSPS) is 10.7. The molecule has 112 valence electrons. The van der Waals surface area contributed by atoms with Crippen LogP contribution < -0.4 is 10.1 Å². The number of hydrogen-bond acceptors (Lipinski definition) is 2. The Morgan fingerprint density at radius 2 is 2.14 bits per heavy atom. The minimum atomic E-state index is -0.137. The van der Waals surface area contributed by atoms with Crippen LogP contribution in [0.3, 0.4) is 0 Å². The third kappa shape index (κ3) is 2.91. The van der Waals surface area contributed by atoms with Crippen molar-refractivity contribution in [2.24, 2.45) is 0 Å². The number of amides is 1. The average molecular weight is 481 g/mol. The van der Waals surface area contributed by atoms with E-state index in [4.69, 9.17) is 4.74 Å². The number of allylic oxidation sites excluding steroid dienone is 1. The van der Waals surface area contributed by atoms with E-state index in [9.17, 15) is 4.79 Å². The molecular formula is C14H13Br3N2O2. The van der Waals surface area contributed by atoms with Crippen LogP contribution in [0.5, 0.6) is 5.75 Å². The van der Waals surface area contributed by atoms with E-state index in [1.165, 1.54) is 6.92 Å². The van der Waals surface area contributed by atoms with Crippen molar-refractivity contribution in [2.75, 3.05) is 12.4 Å². The van der Waals surface area contributed by atoms with Crippen LogP contribution in [0.1, 0.15) is 6.92 Å². The number of methoxy groups -OCH3 is 1. The number of aromatic nitrogens is 1. The maximum atomic E-state index is 11.5. The first-order valence-electron chi connectivity index (χ1n) is 6.04. The molecule has 7 heteroatoms. The highest BCUT2D eigenvalue weighted by Gasteiger charge is 2.22. The molecule has 4 nitrogen and oxygen atoms in total. The Bertz CT molecular complexity index is 738. The second kappa shape index (κ2) is 6.54. The Morgan fingerprint density at radius 1 is 1.48 bits per heavy atom. The van der Waals surface area contributed by atoms with E-state index in [1.807, 2.05) is 10.6 Å². The smallest absolute Gasteiger partial charge is 0.221 e. The first kappa shape index (κ1) is 16.6. The predicted molar refractivity (Wildman–Crippen MR) is 96.1 cm³/mol. The number of rotatable bonds is 4. The lowest BCUT2D eigenvalue weighted by atomic mass is 10.2. The molecule has 1 aromatic heterocycles. The van der Waals surface area contributed by atoms with Gasteiger partial charge in [-0.2, -0.15) is 0 Å². The fraction of sp³-hybridized carbons (Fsp3) is 0.214. The van der Waals surface area contributed by atoms with Gasteiger partial charge in [0.05, 0.1) is 27.3 Å².